The molecule has 25 heavy (non-hydrogen) atoms. The number of hydrogen-bond acceptors (Lipinski definition) is 5. The van der Waals surface area contributed by atoms with Crippen molar-refractivity contribution in [2.24, 2.45) is 0 Å². The van der Waals surface area contributed by atoms with Crippen LogP contribution in [0.4, 0.5) is 0 Å². The van der Waals surface area contributed by atoms with Gasteiger partial charge in [0.2, 0.25) is 0 Å². The molecule has 2 bridgehead atoms. The highest BCUT2D eigenvalue weighted by Crippen LogP contribution is 2.62. The van der Waals surface area contributed by atoms with Gasteiger partial charge in [0.25, 0.3) is 0 Å². The van der Waals surface area contributed by atoms with Gasteiger partial charge in [-0.2, -0.15) is 0 Å². The summed E-state index contributed by atoms with van der Waals surface area (Å²) in [6.45, 7) is 2.42. The van der Waals surface area contributed by atoms with E-state index in [9.17, 15) is 4.79 Å². The van der Waals surface area contributed by atoms with Crippen LogP contribution in [0.5, 0.6) is 11.5 Å². The van der Waals surface area contributed by atoms with Crippen LogP contribution in [0.15, 0.2) is 35.6 Å². The minimum atomic E-state index is -0.318. The van der Waals surface area contributed by atoms with Crippen LogP contribution in [-0.2, 0) is 21.4 Å². The summed E-state index contributed by atoms with van der Waals surface area (Å²) in [5.41, 5.74) is 3.65. The van der Waals surface area contributed by atoms with Crippen molar-refractivity contribution in [1.82, 2.24) is 4.90 Å². The van der Waals surface area contributed by atoms with Crippen LogP contribution >= 0.6 is 9.47 Å². The predicted molar refractivity (Wildman–Crippen MR) is 95.5 cm³/mol. The monoisotopic (exact) mass is 357 g/mol. The van der Waals surface area contributed by atoms with Crippen molar-refractivity contribution < 1.29 is 18.8 Å². The Bertz CT molecular complexity index is 861. The molecule has 1 fully saturated rings. The molecule has 5 rings (SSSR count). The van der Waals surface area contributed by atoms with Crippen LogP contribution in [0.1, 0.15) is 24.5 Å². The molecule has 4 atom stereocenters. The lowest BCUT2D eigenvalue weighted by atomic mass is 9.57. The van der Waals surface area contributed by atoms with Gasteiger partial charge in [0.1, 0.15) is 5.76 Å². The number of piperidine rings is 1. The maximum absolute atomic E-state index is 11.6. The summed E-state index contributed by atoms with van der Waals surface area (Å²) in [5.74, 6) is 1.79. The molecule has 5 nitrogen and oxygen atoms in total. The van der Waals surface area contributed by atoms with E-state index in [-0.39, 0.29) is 17.5 Å². The van der Waals surface area contributed by atoms with Gasteiger partial charge in [0.15, 0.2) is 17.6 Å². The maximum Gasteiger partial charge on any atom is 0.307 e. The molecule has 0 amide bonds. The lowest BCUT2D eigenvalue weighted by Gasteiger charge is -2.52. The minimum absolute atomic E-state index is 0.251. The summed E-state index contributed by atoms with van der Waals surface area (Å²) in [6, 6.07) is 4.48. The van der Waals surface area contributed by atoms with Gasteiger partial charge in [-0.05, 0) is 49.7 Å². The lowest BCUT2D eigenvalue weighted by Crippen LogP contribution is -2.58. The molecule has 2 aliphatic heterocycles. The first-order chi connectivity index (χ1) is 12.1. The van der Waals surface area contributed by atoms with Gasteiger partial charge in [-0.3, -0.25) is 9.69 Å². The Morgan fingerprint density at radius 3 is 3.00 bits per heavy atom. The molecule has 0 saturated carbocycles. The zero-order valence-corrected chi connectivity index (χ0v) is 15.4. The summed E-state index contributed by atoms with van der Waals surface area (Å²) in [4.78, 5) is 14.0. The second-order valence-electron chi connectivity index (χ2n) is 7.25. The number of hydrogen-bond donors (Lipinski definition) is 0. The second kappa shape index (κ2) is 5.09. The van der Waals surface area contributed by atoms with Gasteiger partial charge in [-0.25, -0.2) is 0 Å². The molecule has 4 aliphatic rings. The molecule has 1 unspecified atom stereocenters. The zero-order chi connectivity index (χ0) is 17.3. The van der Waals surface area contributed by atoms with E-state index in [2.05, 4.69) is 33.6 Å². The summed E-state index contributed by atoms with van der Waals surface area (Å²) in [5, 5.41) is 0. The Morgan fingerprint density at radius 1 is 1.40 bits per heavy atom. The molecule has 0 aromatic heterocycles. The molecule has 0 N–H and O–H groups in total. The SMILES string of the molecule is CC(=O)OC1=CC=C2[C@H]3Cc4ccc(OP)c5c4[C@@]2(CCN3C)[C@H]1O5. The van der Waals surface area contributed by atoms with Crippen LogP contribution in [-0.4, -0.2) is 36.6 Å². The number of carbonyl (C=O) groups is 1. The predicted octanol–water partition coefficient (Wildman–Crippen LogP) is 2.50. The number of nitrogens with zero attached hydrogens (tertiary/aromatic N) is 1. The van der Waals surface area contributed by atoms with Crippen molar-refractivity contribution in [2.45, 2.75) is 37.3 Å². The van der Waals surface area contributed by atoms with E-state index in [1.165, 1.54) is 23.6 Å². The fourth-order valence-electron chi connectivity index (χ4n) is 5.11. The van der Waals surface area contributed by atoms with Crippen molar-refractivity contribution in [3.8, 4) is 11.5 Å². The number of ether oxygens (including phenoxy) is 2. The number of likely N-dealkylation sites (N-methyl/N-ethyl adjacent to an activating group) is 1. The normalized spacial score (nSPS) is 31.5. The van der Waals surface area contributed by atoms with Gasteiger partial charge < -0.3 is 14.0 Å². The van der Waals surface area contributed by atoms with Crippen LogP contribution in [0.2, 0.25) is 0 Å². The standard InChI is InChI=1S/C19H20NO4P/c1-10(21)22-15-6-4-12-13-9-11-3-5-14(24-25)17-16(11)19(12,18(15)23-17)7-8-20(13)2/h3-6,13,18H,7-9,25H2,1-2H3/t13-,18+,19+/m1/s1. The van der Waals surface area contributed by atoms with Crippen molar-refractivity contribution in [3.63, 3.8) is 0 Å². The minimum Gasteiger partial charge on any atom is -0.477 e. The van der Waals surface area contributed by atoms with Gasteiger partial charge in [0.05, 0.1) is 14.9 Å². The van der Waals surface area contributed by atoms with Gasteiger partial charge in [-0.1, -0.05) is 12.1 Å². The van der Waals surface area contributed by atoms with E-state index in [1.54, 1.807) is 0 Å². The summed E-state index contributed by atoms with van der Waals surface area (Å²) in [7, 11) is 4.48. The largest absolute Gasteiger partial charge is 0.477 e. The van der Waals surface area contributed by atoms with Crippen molar-refractivity contribution >= 4 is 15.4 Å². The van der Waals surface area contributed by atoms with Gasteiger partial charge >= 0.3 is 5.97 Å². The van der Waals surface area contributed by atoms with E-state index in [1.807, 2.05) is 12.1 Å². The maximum atomic E-state index is 11.6. The quantitative estimate of drug-likeness (QED) is 0.601. The van der Waals surface area contributed by atoms with Gasteiger partial charge in [0, 0.05) is 18.5 Å². The Morgan fingerprint density at radius 2 is 2.24 bits per heavy atom. The first-order valence-electron chi connectivity index (χ1n) is 8.57. The molecule has 1 aromatic rings. The number of benzene rings is 1. The summed E-state index contributed by atoms with van der Waals surface area (Å²) < 4.78 is 17.4. The van der Waals surface area contributed by atoms with E-state index in [0.717, 1.165) is 25.1 Å². The Kier molecular flexibility index (Phi) is 3.14. The summed E-state index contributed by atoms with van der Waals surface area (Å²) >= 11 is 0. The Balaban J connectivity index is 1.78. The third kappa shape index (κ3) is 1.83. The molecule has 1 aromatic carbocycles. The number of allylic oxidation sites excluding steroid dienone is 2. The van der Waals surface area contributed by atoms with Crippen LogP contribution in [0.3, 0.4) is 0 Å². The molecular weight excluding hydrogens is 337 g/mol. The smallest absolute Gasteiger partial charge is 0.307 e. The highest BCUT2D eigenvalue weighted by Gasteiger charge is 2.62. The topological polar surface area (TPSA) is 48.0 Å². The first-order valence-corrected chi connectivity index (χ1v) is 9.04. The van der Waals surface area contributed by atoms with Crippen molar-refractivity contribution in [1.29, 1.82) is 0 Å². The van der Waals surface area contributed by atoms with E-state index in [4.69, 9.17) is 14.0 Å². The molecule has 1 saturated heterocycles. The molecule has 130 valence electrons. The number of esters is 1. The molecule has 1 spiro atoms. The molecular formula is C19H20NO4P. The summed E-state index contributed by atoms with van der Waals surface area (Å²) in [6.07, 6.45) is 5.66. The molecule has 2 heterocycles. The fraction of sp³-hybridized carbons (Fsp3) is 0.421. The van der Waals surface area contributed by atoms with Crippen LogP contribution in [0.25, 0.3) is 0 Å². The first kappa shape index (κ1) is 15.4. The van der Waals surface area contributed by atoms with E-state index >= 15 is 0 Å². The lowest BCUT2D eigenvalue weighted by molar-refractivity contribution is -0.138. The second-order valence-corrected chi connectivity index (χ2v) is 7.48. The molecule has 0 radical (unpaired) electrons. The average Bonchev–Trinajstić information content (AvgIpc) is 2.94. The Labute approximate surface area is 148 Å². The van der Waals surface area contributed by atoms with Crippen LogP contribution < -0.4 is 9.26 Å². The molecule has 6 heteroatoms. The fourth-order valence-corrected chi connectivity index (χ4v) is 5.30. The third-order valence-electron chi connectivity index (χ3n) is 6.09. The highest BCUT2D eigenvalue weighted by molar-refractivity contribution is 7.10. The zero-order valence-electron chi connectivity index (χ0n) is 14.2. The number of likely N-dealkylation sites (tertiary alicyclic amines) is 1. The average molecular weight is 357 g/mol. The Hall–Kier alpha value is -1.84. The number of rotatable bonds is 2. The van der Waals surface area contributed by atoms with E-state index < -0.39 is 0 Å². The molecule has 2 aliphatic carbocycles. The van der Waals surface area contributed by atoms with Gasteiger partial charge in [-0.15, -0.1) is 0 Å². The van der Waals surface area contributed by atoms with Crippen LogP contribution in [0, 0.1) is 0 Å². The number of carbonyl (C=O) groups excluding carboxylic acids is 1. The third-order valence-corrected chi connectivity index (χ3v) is 6.34. The van der Waals surface area contributed by atoms with Crippen molar-refractivity contribution in [2.75, 3.05) is 13.6 Å². The highest BCUT2D eigenvalue weighted by atomic mass is 31.0. The van der Waals surface area contributed by atoms with Crippen molar-refractivity contribution in [3.05, 3.63) is 46.7 Å². The van der Waals surface area contributed by atoms with E-state index in [0.29, 0.717) is 17.6 Å².